The first-order chi connectivity index (χ1) is 16.1. The summed E-state index contributed by atoms with van der Waals surface area (Å²) in [5.41, 5.74) is 6.95. The van der Waals surface area contributed by atoms with Crippen LogP contribution in [0.1, 0.15) is 59.1 Å². The van der Waals surface area contributed by atoms with Crippen LogP contribution in [0, 0.1) is 0 Å². The molecule has 4 aromatic rings. The van der Waals surface area contributed by atoms with Crippen molar-refractivity contribution in [3.8, 4) is 17.2 Å². The molecule has 1 atom stereocenters. The number of phenolic OH excluding ortho intramolecular Hbond substituents is 1. The number of phenols is 1. The Balaban J connectivity index is 1.66. The molecule has 0 bridgehead atoms. The van der Waals surface area contributed by atoms with E-state index in [2.05, 4.69) is 43.3 Å². The first-order valence-electron chi connectivity index (χ1n) is 11.7. The maximum atomic E-state index is 10.4. The molecule has 0 saturated carbocycles. The van der Waals surface area contributed by atoms with Gasteiger partial charge in [0.2, 0.25) is 0 Å². The summed E-state index contributed by atoms with van der Waals surface area (Å²) in [6, 6.07) is 22.7. The van der Waals surface area contributed by atoms with Gasteiger partial charge in [0.15, 0.2) is 0 Å². The number of aliphatic hydroxyl groups excluding tert-OH is 1. The van der Waals surface area contributed by atoms with Gasteiger partial charge in [0, 0.05) is 23.5 Å². The lowest BCUT2D eigenvalue weighted by atomic mass is 9.76. The van der Waals surface area contributed by atoms with Crippen LogP contribution in [0.15, 0.2) is 72.5 Å². The molecule has 2 N–H and O–H groups in total. The van der Waals surface area contributed by atoms with Gasteiger partial charge in [0.1, 0.15) is 17.2 Å². The van der Waals surface area contributed by atoms with E-state index < -0.39 is 0 Å². The summed E-state index contributed by atoms with van der Waals surface area (Å²) in [4.78, 5) is 0. The third-order valence-corrected chi connectivity index (χ3v) is 6.95. The molecule has 4 aromatic carbocycles. The highest BCUT2D eigenvalue weighted by atomic mass is 16.5. The lowest BCUT2D eigenvalue weighted by Gasteiger charge is -2.33. The Morgan fingerprint density at radius 2 is 1.61 bits per heavy atom. The first kappa shape index (κ1) is 19.9. The molecule has 0 fully saturated rings. The predicted octanol–water partition coefficient (Wildman–Crippen LogP) is 7.63. The van der Waals surface area contributed by atoms with Crippen LogP contribution in [0.25, 0.3) is 16.8 Å². The smallest absolute Gasteiger partial charge is 0.132 e. The van der Waals surface area contributed by atoms with Gasteiger partial charge >= 0.3 is 0 Å². The van der Waals surface area contributed by atoms with E-state index in [9.17, 15) is 10.2 Å². The highest BCUT2D eigenvalue weighted by Gasteiger charge is 2.34. The molecule has 0 amide bonds. The molecule has 1 aliphatic heterocycles. The van der Waals surface area contributed by atoms with E-state index in [-0.39, 0.29) is 11.7 Å². The van der Waals surface area contributed by atoms with Gasteiger partial charge in [-0.3, -0.25) is 0 Å². The highest BCUT2D eigenvalue weighted by molar-refractivity contribution is 5.92. The van der Waals surface area contributed by atoms with E-state index >= 15 is 0 Å². The van der Waals surface area contributed by atoms with Crippen molar-refractivity contribution < 1.29 is 14.9 Å². The Hall–Kier alpha value is -3.72. The van der Waals surface area contributed by atoms with E-state index in [4.69, 9.17) is 4.74 Å². The molecule has 1 aliphatic carbocycles. The third-order valence-electron chi connectivity index (χ3n) is 6.95. The summed E-state index contributed by atoms with van der Waals surface area (Å²) in [5.74, 6) is 2.23. The predicted molar refractivity (Wildman–Crippen MR) is 132 cm³/mol. The summed E-state index contributed by atoms with van der Waals surface area (Å²) in [5, 5.41) is 22.8. The number of benzene rings is 4. The van der Waals surface area contributed by atoms with Gasteiger partial charge in [0.25, 0.3) is 0 Å². The molecule has 1 heterocycles. The lowest BCUT2D eigenvalue weighted by Crippen LogP contribution is -2.16. The number of fused-ring (bicyclic) bond motifs is 6. The summed E-state index contributed by atoms with van der Waals surface area (Å²) in [6.07, 6.45) is 5.56. The quantitative estimate of drug-likeness (QED) is 0.307. The van der Waals surface area contributed by atoms with E-state index in [1.54, 1.807) is 6.07 Å². The van der Waals surface area contributed by atoms with E-state index in [0.717, 1.165) is 58.2 Å². The second kappa shape index (κ2) is 7.70. The molecule has 0 aromatic heterocycles. The van der Waals surface area contributed by atoms with Crippen molar-refractivity contribution in [3.63, 3.8) is 0 Å². The topological polar surface area (TPSA) is 49.7 Å². The average molecular weight is 435 g/mol. The maximum Gasteiger partial charge on any atom is 0.132 e. The zero-order chi connectivity index (χ0) is 22.5. The van der Waals surface area contributed by atoms with Gasteiger partial charge in [-0.05, 0) is 76.2 Å². The first-order valence-corrected chi connectivity index (χ1v) is 11.7. The van der Waals surface area contributed by atoms with Crippen molar-refractivity contribution in [2.45, 2.75) is 38.5 Å². The average Bonchev–Trinajstić information content (AvgIpc) is 2.83. The van der Waals surface area contributed by atoms with Gasteiger partial charge in [0.05, 0.1) is 5.76 Å². The molecule has 2 aliphatic rings. The van der Waals surface area contributed by atoms with Crippen molar-refractivity contribution in [1.82, 2.24) is 0 Å². The molecule has 3 nitrogen and oxygen atoms in total. The van der Waals surface area contributed by atoms with Crippen molar-refractivity contribution in [2.75, 3.05) is 0 Å². The second-order valence-corrected chi connectivity index (χ2v) is 9.10. The van der Waals surface area contributed by atoms with Gasteiger partial charge in [-0.2, -0.15) is 0 Å². The molecule has 0 spiro atoms. The molecule has 3 heteroatoms. The van der Waals surface area contributed by atoms with Gasteiger partial charge in [-0.15, -0.1) is 0 Å². The molecule has 164 valence electrons. The number of ether oxygens (including phenoxy) is 1. The number of hydrogen-bond acceptors (Lipinski definition) is 3. The van der Waals surface area contributed by atoms with Gasteiger partial charge < -0.3 is 14.9 Å². The number of aromatic hydroxyl groups is 1. The van der Waals surface area contributed by atoms with Crippen LogP contribution >= 0.6 is 0 Å². The van der Waals surface area contributed by atoms with Gasteiger partial charge in [-0.1, -0.05) is 55.8 Å². The minimum Gasteiger partial charge on any atom is -0.512 e. The standard InChI is InChI=1S/C30H26O3/c1-2-3-18-4-6-21(7-5-18)28-29-24-16-22(31)12-8-19(24)10-14-26(29)33-27-15-11-20-9-13-23(32)17-25(20)30(27)28/h4-8,10-12,14-17,28,31-32H,2-3,9,13H2,1H3. The number of aryl methyl sites for hydroxylation is 2. The highest BCUT2D eigenvalue weighted by Crippen LogP contribution is 2.52. The molecule has 0 saturated heterocycles. The third kappa shape index (κ3) is 3.27. The molecule has 6 rings (SSSR count). The number of aliphatic hydroxyl groups is 1. The molecular formula is C30H26O3. The fraction of sp³-hybridized carbons (Fsp3) is 0.200. The zero-order valence-electron chi connectivity index (χ0n) is 18.6. The van der Waals surface area contributed by atoms with Crippen molar-refractivity contribution in [3.05, 3.63) is 106 Å². The molecule has 0 radical (unpaired) electrons. The lowest BCUT2D eigenvalue weighted by molar-refractivity contribution is 0.391. The minimum absolute atomic E-state index is 0.0676. The Bertz CT molecular complexity index is 1410. The molecule has 1 unspecified atom stereocenters. The zero-order valence-corrected chi connectivity index (χ0v) is 18.6. The Morgan fingerprint density at radius 1 is 0.848 bits per heavy atom. The largest absolute Gasteiger partial charge is 0.512 e. The molecule has 33 heavy (non-hydrogen) atoms. The molecular weight excluding hydrogens is 408 g/mol. The summed E-state index contributed by atoms with van der Waals surface area (Å²) in [7, 11) is 0. The van der Waals surface area contributed by atoms with Crippen molar-refractivity contribution >= 4 is 16.8 Å². The second-order valence-electron chi connectivity index (χ2n) is 9.10. The number of allylic oxidation sites excluding steroid dienone is 1. The van der Waals surface area contributed by atoms with E-state index in [1.165, 1.54) is 16.7 Å². The van der Waals surface area contributed by atoms with E-state index in [1.807, 2.05) is 30.3 Å². The van der Waals surface area contributed by atoms with Crippen molar-refractivity contribution in [2.24, 2.45) is 0 Å². The SMILES string of the molecule is CCCc1ccc(C2c3c(ccc4c3C=C(O)CC4)Oc3ccc4ccc(O)cc4c32)cc1. The summed E-state index contributed by atoms with van der Waals surface area (Å²) >= 11 is 0. The van der Waals surface area contributed by atoms with Gasteiger partial charge in [-0.25, -0.2) is 0 Å². The Kier molecular flexibility index (Phi) is 4.65. The Labute approximate surface area is 193 Å². The van der Waals surface area contributed by atoms with Crippen LogP contribution in [0.2, 0.25) is 0 Å². The maximum absolute atomic E-state index is 10.4. The number of rotatable bonds is 3. The summed E-state index contributed by atoms with van der Waals surface area (Å²) in [6.45, 7) is 2.20. The minimum atomic E-state index is -0.0676. The fourth-order valence-electron chi connectivity index (χ4n) is 5.40. The fourth-order valence-corrected chi connectivity index (χ4v) is 5.40. The van der Waals surface area contributed by atoms with Crippen LogP contribution in [0.4, 0.5) is 0 Å². The van der Waals surface area contributed by atoms with E-state index in [0.29, 0.717) is 12.2 Å². The van der Waals surface area contributed by atoms with Crippen LogP contribution in [0.5, 0.6) is 17.2 Å². The normalized spacial score (nSPS) is 16.4. The monoisotopic (exact) mass is 434 g/mol. The summed E-state index contributed by atoms with van der Waals surface area (Å²) < 4.78 is 6.45. The number of hydrogen-bond donors (Lipinski definition) is 2. The van der Waals surface area contributed by atoms with Crippen molar-refractivity contribution in [1.29, 1.82) is 0 Å². The van der Waals surface area contributed by atoms with Crippen LogP contribution < -0.4 is 4.74 Å². The van der Waals surface area contributed by atoms with Crippen LogP contribution in [0.3, 0.4) is 0 Å². The van der Waals surface area contributed by atoms with Crippen LogP contribution in [-0.2, 0) is 12.8 Å². The Morgan fingerprint density at radius 3 is 2.42 bits per heavy atom. The van der Waals surface area contributed by atoms with Crippen LogP contribution in [-0.4, -0.2) is 10.2 Å².